The number of dihydropyridines is 1. The summed E-state index contributed by atoms with van der Waals surface area (Å²) in [4.78, 5) is 36.7. The lowest BCUT2D eigenvalue weighted by molar-refractivity contribution is -0.384. The molecule has 0 aromatic heterocycles. The average molecular weight is 766 g/mol. The van der Waals surface area contributed by atoms with E-state index in [2.05, 4.69) is 20.7 Å². The van der Waals surface area contributed by atoms with Gasteiger partial charge in [0.1, 0.15) is 24.2 Å². The molecule has 0 saturated carbocycles. The summed E-state index contributed by atoms with van der Waals surface area (Å²) in [6.07, 6.45) is -2.84. The molecule has 2 aromatic rings. The molecule has 3 rings (SSSR count). The highest BCUT2D eigenvalue weighted by atomic mass is 35.5. The Morgan fingerprint density at radius 1 is 1.02 bits per heavy atom. The number of carbonyl (C=O) groups excluding carboxylic acids is 2. The van der Waals surface area contributed by atoms with Crippen molar-refractivity contribution in [3.63, 3.8) is 0 Å². The first kappa shape index (κ1) is 45.0. The summed E-state index contributed by atoms with van der Waals surface area (Å²) in [5.74, 6) is -3.30. The number of nitrogens with one attached hydrogen (secondary N) is 3. The normalized spacial score (nSPS) is 14.9. The van der Waals surface area contributed by atoms with Gasteiger partial charge in [-0.25, -0.2) is 9.59 Å². The molecule has 1 heterocycles. The summed E-state index contributed by atoms with van der Waals surface area (Å²) in [7, 11) is 0.902. The third kappa shape index (κ3) is 13.5. The maximum Gasteiger partial charge on any atom is 0.431 e. The molecule has 2 aromatic carbocycles. The Labute approximate surface area is 307 Å². The summed E-state index contributed by atoms with van der Waals surface area (Å²) in [5, 5.41) is 30.0. The van der Waals surface area contributed by atoms with Gasteiger partial charge in [-0.2, -0.15) is 13.2 Å². The first-order valence-corrected chi connectivity index (χ1v) is 15.9. The fourth-order valence-corrected chi connectivity index (χ4v) is 5.15. The van der Waals surface area contributed by atoms with E-state index >= 15 is 0 Å². The number of nitrogens with zero attached hydrogens (tertiary/aromatic N) is 1. The van der Waals surface area contributed by atoms with Gasteiger partial charge in [0.15, 0.2) is 0 Å². The summed E-state index contributed by atoms with van der Waals surface area (Å²) >= 11 is 0. The van der Waals surface area contributed by atoms with E-state index in [0.29, 0.717) is 31.7 Å². The van der Waals surface area contributed by atoms with Crippen LogP contribution in [0.25, 0.3) is 0 Å². The van der Waals surface area contributed by atoms with Crippen LogP contribution in [0.1, 0.15) is 57.9 Å². The number of aliphatic hydroxyl groups is 1. The molecule has 0 radical (unpaired) electrons. The zero-order valence-corrected chi connectivity index (χ0v) is 30.3. The number of alkyl halides is 3. The molecule has 12 nitrogen and oxygen atoms in total. The van der Waals surface area contributed by atoms with Crippen molar-refractivity contribution in [2.24, 2.45) is 0 Å². The van der Waals surface area contributed by atoms with Crippen LogP contribution >= 0.6 is 24.8 Å². The lowest BCUT2D eigenvalue weighted by Crippen LogP contribution is -2.38. The topological polar surface area (TPSA) is 161 Å². The average Bonchev–Trinajstić information content (AvgIpc) is 3.06. The number of allylic oxidation sites excluding steroid dienone is 2. The number of carbonyl (C=O) groups is 2. The van der Waals surface area contributed by atoms with Crippen LogP contribution in [0.5, 0.6) is 5.75 Å². The van der Waals surface area contributed by atoms with Crippen LogP contribution in [0, 0.1) is 10.1 Å². The van der Waals surface area contributed by atoms with Gasteiger partial charge < -0.3 is 35.3 Å². The monoisotopic (exact) mass is 764 g/mol. The second-order valence-corrected chi connectivity index (χ2v) is 11.8. The predicted octanol–water partition coefficient (Wildman–Crippen LogP) is 6.34. The Bertz CT molecular complexity index is 1520. The second kappa shape index (κ2) is 21.3. The van der Waals surface area contributed by atoms with E-state index in [4.69, 9.17) is 9.47 Å². The number of aliphatic hydroxyl groups excluding tert-OH is 1. The molecule has 0 fully saturated rings. The van der Waals surface area contributed by atoms with E-state index in [-0.39, 0.29) is 60.9 Å². The van der Waals surface area contributed by atoms with Crippen molar-refractivity contribution in [1.29, 1.82) is 0 Å². The van der Waals surface area contributed by atoms with Crippen molar-refractivity contribution in [2.45, 2.75) is 70.7 Å². The molecule has 1 aliphatic rings. The van der Waals surface area contributed by atoms with Crippen LogP contribution in [0.3, 0.4) is 0 Å². The quantitative estimate of drug-likeness (QED) is 0.0580. The molecule has 284 valence electrons. The standard InChI is InChI=1S/C34H43F3N4O8.2ClH/c1-21(2)39-19-26(42)20-49-27-14-12-24(13-15-27)38-16-7-5-6-8-17-48-33(44)28-22(3)40-31(34(35,36)37)30(32(43)47-4)29(28)23-10-9-11-25(18-23)41(45)46;;/h9-15,18,21,26,29,38-40,42H,5-8,16-17,19-20H2,1-4H3;2*1H. The van der Waals surface area contributed by atoms with E-state index in [1.807, 2.05) is 38.1 Å². The first-order valence-electron chi connectivity index (χ1n) is 15.9. The van der Waals surface area contributed by atoms with Crippen molar-refractivity contribution in [3.05, 3.63) is 86.7 Å². The Morgan fingerprint density at radius 3 is 2.29 bits per heavy atom. The Balaban J connectivity index is 0.00000650. The number of unbranched alkanes of at least 4 members (excludes halogenated alkanes) is 3. The van der Waals surface area contributed by atoms with E-state index in [9.17, 15) is 38.0 Å². The highest BCUT2D eigenvalue weighted by Crippen LogP contribution is 2.44. The van der Waals surface area contributed by atoms with E-state index in [1.54, 1.807) is 0 Å². The number of hydrogen-bond donors (Lipinski definition) is 4. The number of benzene rings is 2. The molecular formula is C34H45Cl2F3N4O8. The van der Waals surface area contributed by atoms with Crippen molar-refractivity contribution in [3.8, 4) is 5.75 Å². The molecular weight excluding hydrogens is 720 g/mol. The Hall–Kier alpha value is -4.05. The number of hydrogen-bond acceptors (Lipinski definition) is 11. The molecule has 0 aliphatic carbocycles. The zero-order valence-electron chi connectivity index (χ0n) is 28.7. The van der Waals surface area contributed by atoms with Crippen molar-refractivity contribution in [1.82, 2.24) is 10.6 Å². The van der Waals surface area contributed by atoms with Gasteiger partial charge in [-0.1, -0.05) is 32.4 Å². The van der Waals surface area contributed by atoms with Gasteiger partial charge in [-0.15, -0.1) is 24.8 Å². The minimum absolute atomic E-state index is 0. The van der Waals surface area contributed by atoms with Crippen LogP contribution in [0.4, 0.5) is 24.5 Å². The van der Waals surface area contributed by atoms with Gasteiger partial charge in [0.05, 0.1) is 35.7 Å². The summed E-state index contributed by atoms with van der Waals surface area (Å²) in [6.45, 7) is 6.52. The molecule has 2 unspecified atom stereocenters. The van der Waals surface area contributed by atoms with Gasteiger partial charge in [-0.05, 0) is 56.0 Å². The van der Waals surface area contributed by atoms with E-state index in [1.165, 1.54) is 19.1 Å². The van der Waals surface area contributed by atoms with Crippen LogP contribution < -0.4 is 20.7 Å². The van der Waals surface area contributed by atoms with E-state index < -0.39 is 52.0 Å². The van der Waals surface area contributed by atoms with Gasteiger partial charge in [0.2, 0.25) is 0 Å². The maximum atomic E-state index is 14.1. The molecule has 17 heteroatoms. The predicted molar refractivity (Wildman–Crippen MR) is 190 cm³/mol. The van der Waals surface area contributed by atoms with Crippen molar-refractivity contribution in [2.75, 3.05) is 38.7 Å². The van der Waals surface area contributed by atoms with Gasteiger partial charge in [-0.3, -0.25) is 10.1 Å². The van der Waals surface area contributed by atoms with Crippen LogP contribution in [-0.4, -0.2) is 73.7 Å². The highest BCUT2D eigenvalue weighted by Gasteiger charge is 2.47. The Kier molecular flexibility index (Phi) is 18.8. The number of esters is 2. The van der Waals surface area contributed by atoms with Crippen LogP contribution in [-0.2, 0) is 19.1 Å². The number of methoxy groups -OCH3 is 1. The molecule has 0 amide bonds. The number of nitro benzene ring substituents is 1. The van der Waals surface area contributed by atoms with Gasteiger partial charge in [0, 0.05) is 42.6 Å². The molecule has 4 N–H and O–H groups in total. The number of nitro groups is 1. The summed E-state index contributed by atoms with van der Waals surface area (Å²) < 4.78 is 57.9. The van der Waals surface area contributed by atoms with Crippen molar-refractivity contribution < 1.29 is 47.0 Å². The molecule has 0 spiro atoms. The smallest absolute Gasteiger partial charge is 0.431 e. The van der Waals surface area contributed by atoms with Gasteiger partial charge >= 0.3 is 18.1 Å². The highest BCUT2D eigenvalue weighted by molar-refractivity contribution is 6.00. The van der Waals surface area contributed by atoms with E-state index in [0.717, 1.165) is 37.8 Å². The lowest BCUT2D eigenvalue weighted by atomic mass is 9.80. The number of anilines is 1. The fraction of sp³-hybridized carbons (Fsp3) is 0.471. The summed E-state index contributed by atoms with van der Waals surface area (Å²) in [6, 6.07) is 12.4. The van der Waals surface area contributed by atoms with Crippen LogP contribution in [0.2, 0.25) is 0 Å². The third-order valence-corrected chi connectivity index (χ3v) is 7.58. The molecule has 1 aliphatic heterocycles. The second-order valence-electron chi connectivity index (χ2n) is 11.8. The zero-order chi connectivity index (χ0) is 36.1. The fourth-order valence-electron chi connectivity index (χ4n) is 5.15. The van der Waals surface area contributed by atoms with Gasteiger partial charge in [0.25, 0.3) is 5.69 Å². The number of halogens is 5. The molecule has 51 heavy (non-hydrogen) atoms. The van der Waals surface area contributed by atoms with Crippen molar-refractivity contribution >= 4 is 48.1 Å². The number of rotatable bonds is 18. The largest absolute Gasteiger partial charge is 0.491 e. The first-order chi connectivity index (χ1) is 23.2. The minimum Gasteiger partial charge on any atom is -0.491 e. The van der Waals surface area contributed by atoms with Crippen LogP contribution in [0.15, 0.2) is 71.1 Å². The number of ether oxygens (including phenoxy) is 3. The third-order valence-electron chi connectivity index (χ3n) is 7.58. The molecule has 0 bridgehead atoms. The minimum atomic E-state index is -5.03. The lowest BCUT2D eigenvalue weighted by Gasteiger charge is -2.31. The molecule has 2 atom stereocenters. The summed E-state index contributed by atoms with van der Waals surface area (Å²) in [5.41, 5.74) is -2.42. The Morgan fingerprint density at radius 2 is 1.69 bits per heavy atom. The SMILES string of the molecule is COC(=O)C1=C(C(F)(F)F)NC(C)=C(C(=O)OCCCCCCNc2ccc(OCC(O)CNC(C)C)cc2)C1c1cccc([N+](=O)[O-])c1.Cl.Cl. The number of non-ortho nitro benzene ring substituents is 1. The molecule has 0 saturated heterocycles. The maximum absolute atomic E-state index is 14.1.